The highest BCUT2D eigenvalue weighted by molar-refractivity contribution is 5.66. The fraction of sp³-hybridized carbons (Fsp3) is 0.400. The second kappa shape index (κ2) is 9.12. The summed E-state index contributed by atoms with van der Waals surface area (Å²) in [5.74, 6) is 2.46. The van der Waals surface area contributed by atoms with Crippen LogP contribution in [0.1, 0.15) is 35.7 Å². The molecule has 2 aliphatic rings. The zero-order valence-corrected chi connectivity index (χ0v) is 18.9. The zero-order valence-electron chi connectivity index (χ0n) is 18.9. The fourth-order valence-corrected chi connectivity index (χ4v) is 4.66. The lowest BCUT2D eigenvalue weighted by atomic mass is 9.90. The first-order chi connectivity index (χ1) is 15.7. The van der Waals surface area contributed by atoms with Crippen LogP contribution in [0.4, 0.5) is 23.3 Å². The first kappa shape index (κ1) is 20.7. The van der Waals surface area contributed by atoms with Gasteiger partial charge in [0, 0.05) is 51.7 Å². The third kappa shape index (κ3) is 4.25. The average Bonchev–Trinajstić information content (AvgIpc) is 2.84. The molecule has 5 rings (SSSR count). The van der Waals surface area contributed by atoms with Crippen molar-refractivity contribution < 1.29 is 0 Å². The van der Waals surface area contributed by atoms with E-state index in [0.717, 1.165) is 61.4 Å². The summed E-state index contributed by atoms with van der Waals surface area (Å²) in [5, 5.41) is 7.12. The molecule has 32 heavy (non-hydrogen) atoms. The van der Waals surface area contributed by atoms with Crippen LogP contribution in [0.2, 0.25) is 0 Å². The summed E-state index contributed by atoms with van der Waals surface area (Å²) in [6.07, 6.45) is 6.66. The highest BCUT2D eigenvalue weighted by Gasteiger charge is 2.28. The van der Waals surface area contributed by atoms with Crippen LogP contribution < -0.4 is 20.4 Å². The average molecular weight is 430 g/mol. The molecule has 1 atom stereocenters. The molecule has 2 aromatic heterocycles. The van der Waals surface area contributed by atoms with Gasteiger partial charge in [0.15, 0.2) is 0 Å². The number of nitrogens with zero attached hydrogens (tertiary/aromatic N) is 5. The monoisotopic (exact) mass is 429 g/mol. The molecule has 7 nitrogen and oxygen atoms in total. The summed E-state index contributed by atoms with van der Waals surface area (Å²) in [4.78, 5) is 18.8. The molecule has 1 aliphatic carbocycles. The Morgan fingerprint density at radius 1 is 1.06 bits per heavy atom. The number of rotatable bonds is 5. The molecule has 7 heteroatoms. The van der Waals surface area contributed by atoms with Crippen molar-refractivity contribution >= 4 is 23.3 Å². The number of aromatic nitrogens is 3. The van der Waals surface area contributed by atoms with E-state index in [0.29, 0.717) is 0 Å². The first-order valence-electron chi connectivity index (χ1n) is 11.5. The Morgan fingerprint density at radius 3 is 2.81 bits per heavy atom. The summed E-state index contributed by atoms with van der Waals surface area (Å²) < 4.78 is 0. The Morgan fingerprint density at radius 2 is 1.97 bits per heavy atom. The number of nitrogens with one attached hydrogen (secondary N) is 2. The van der Waals surface area contributed by atoms with Crippen LogP contribution in [-0.4, -0.2) is 48.7 Å². The van der Waals surface area contributed by atoms with E-state index in [1.807, 2.05) is 43.4 Å². The van der Waals surface area contributed by atoms with Crippen molar-refractivity contribution in [2.75, 3.05) is 48.8 Å². The van der Waals surface area contributed by atoms with Gasteiger partial charge in [0.1, 0.15) is 11.6 Å². The first-order valence-corrected chi connectivity index (χ1v) is 11.5. The number of hydrogen-bond donors (Lipinski definition) is 2. The van der Waals surface area contributed by atoms with Gasteiger partial charge in [-0.1, -0.05) is 18.2 Å². The lowest BCUT2D eigenvalue weighted by Gasteiger charge is -2.36. The molecular weight excluding hydrogens is 398 g/mol. The van der Waals surface area contributed by atoms with Crippen LogP contribution in [0.3, 0.4) is 0 Å². The number of fused-ring (bicyclic) bond motifs is 1. The van der Waals surface area contributed by atoms with Crippen molar-refractivity contribution in [2.45, 2.75) is 31.7 Å². The van der Waals surface area contributed by atoms with Crippen molar-refractivity contribution in [2.24, 2.45) is 0 Å². The molecule has 1 aliphatic heterocycles. The predicted octanol–water partition coefficient (Wildman–Crippen LogP) is 3.71. The Labute approximate surface area is 189 Å². The molecule has 1 unspecified atom stereocenters. The van der Waals surface area contributed by atoms with Crippen molar-refractivity contribution in [3.05, 3.63) is 65.5 Å². The summed E-state index contributed by atoms with van der Waals surface area (Å²) in [7, 11) is 4.04. The van der Waals surface area contributed by atoms with Crippen LogP contribution >= 0.6 is 0 Å². The van der Waals surface area contributed by atoms with Gasteiger partial charge in [-0.3, -0.25) is 4.98 Å². The van der Waals surface area contributed by atoms with E-state index in [2.05, 4.69) is 44.8 Å². The minimum Gasteiger partial charge on any atom is -0.363 e. The minimum atomic E-state index is 0.0969. The zero-order chi connectivity index (χ0) is 21.9. The van der Waals surface area contributed by atoms with Gasteiger partial charge < -0.3 is 20.4 Å². The number of anilines is 4. The summed E-state index contributed by atoms with van der Waals surface area (Å²) >= 11 is 0. The quantitative estimate of drug-likeness (QED) is 0.641. The van der Waals surface area contributed by atoms with E-state index < -0.39 is 0 Å². The maximum atomic E-state index is 4.98. The van der Waals surface area contributed by atoms with Gasteiger partial charge in [0.05, 0.1) is 11.7 Å². The molecule has 0 amide bonds. The molecule has 1 saturated heterocycles. The van der Waals surface area contributed by atoms with Crippen molar-refractivity contribution in [1.82, 2.24) is 20.3 Å². The molecule has 0 spiro atoms. The Hall–Kier alpha value is -3.19. The number of aryl methyl sites for hydroxylation is 1. The largest absolute Gasteiger partial charge is 0.363 e. The molecule has 0 bridgehead atoms. The van der Waals surface area contributed by atoms with Crippen molar-refractivity contribution in [3.63, 3.8) is 0 Å². The molecule has 2 N–H and O–H groups in total. The molecule has 1 aromatic carbocycles. The standard InChI is InChI=1S/C25H31N7/c1-31(2)24-16-23(28-20-12-7-9-18-8-3-4-10-19(18)20)29-25(30-24)32-15-14-26-17-22(32)21-11-5-6-13-27-21/h5-7,9,11-13,16,22,26H,3-4,8,10,14-15,17H2,1-2H3,(H,28,29,30). The number of pyridine rings is 1. The van der Waals surface area contributed by atoms with Gasteiger partial charge in [-0.05, 0) is 55.0 Å². The third-order valence-corrected chi connectivity index (χ3v) is 6.35. The van der Waals surface area contributed by atoms with Crippen LogP contribution in [0, 0.1) is 0 Å². The Kier molecular flexibility index (Phi) is 5.90. The van der Waals surface area contributed by atoms with Gasteiger partial charge in [0.25, 0.3) is 0 Å². The number of hydrogen-bond acceptors (Lipinski definition) is 7. The molecule has 3 heterocycles. The molecule has 0 saturated carbocycles. The molecular formula is C25H31N7. The number of piperazine rings is 1. The van der Waals surface area contributed by atoms with Crippen LogP contribution in [-0.2, 0) is 12.8 Å². The Balaban J connectivity index is 1.51. The van der Waals surface area contributed by atoms with E-state index in [1.165, 1.54) is 24.0 Å². The summed E-state index contributed by atoms with van der Waals surface area (Å²) in [6.45, 7) is 2.55. The van der Waals surface area contributed by atoms with Gasteiger partial charge in [-0.2, -0.15) is 9.97 Å². The van der Waals surface area contributed by atoms with Gasteiger partial charge in [-0.25, -0.2) is 0 Å². The fourth-order valence-electron chi connectivity index (χ4n) is 4.66. The maximum absolute atomic E-state index is 4.98. The molecule has 1 fully saturated rings. The predicted molar refractivity (Wildman–Crippen MR) is 130 cm³/mol. The number of benzene rings is 1. The minimum absolute atomic E-state index is 0.0969. The maximum Gasteiger partial charge on any atom is 0.229 e. The van der Waals surface area contributed by atoms with Gasteiger partial charge >= 0.3 is 0 Å². The van der Waals surface area contributed by atoms with E-state index in [9.17, 15) is 0 Å². The second-order valence-electron chi connectivity index (χ2n) is 8.75. The molecule has 3 aromatic rings. The van der Waals surface area contributed by atoms with Crippen LogP contribution in [0.15, 0.2) is 48.7 Å². The second-order valence-corrected chi connectivity index (χ2v) is 8.75. The van der Waals surface area contributed by atoms with Gasteiger partial charge in [-0.15, -0.1) is 0 Å². The van der Waals surface area contributed by atoms with E-state index in [1.54, 1.807) is 0 Å². The topological polar surface area (TPSA) is 69.2 Å². The molecule has 166 valence electrons. The normalized spacial score (nSPS) is 18.2. The van der Waals surface area contributed by atoms with E-state index in [-0.39, 0.29) is 6.04 Å². The smallest absolute Gasteiger partial charge is 0.229 e. The van der Waals surface area contributed by atoms with Crippen molar-refractivity contribution in [3.8, 4) is 0 Å². The summed E-state index contributed by atoms with van der Waals surface area (Å²) in [6, 6.07) is 14.8. The lowest BCUT2D eigenvalue weighted by Crippen LogP contribution is -2.47. The van der Waals surface area contributed by atoms with Crippen LogP contribution in [0.5, 0.6) is 0 Å². The van der Waals surface area contributed by atoms with Gasteiger partial charge in [0.2, 0.25) is 5.95 Å². The molecule has 0 radical (unpaired) electrons. The van der Waals surface area contributed by atoms with E-state index in [4.69, 9.17) is 9.97 Å². The third-order valence-electron chi connectivity index (χ3n) is 6.35. The summed E-state index contributed by atoms with van der Waals surface area (Å²) in [5.41, 5.74) is 5.09. The van der Waals surface area contributed by atoms with E-state index >= 15 is 0 Å². The van der Waals surface area contributed by atoms with Crippen LogP contribution in [0.25, 0.3) is 0 Å². The highest BCUT2D eigenvalue weighted by atomic mass is 15.3. The highest BCUT2D eigenvalue weighted by Crippen LogP contribution is 2.32. The van der Waals surface area contributed by atoms with Crippen molar-refractivity contribution in [1.29, 1.82) is 0 Å². The SMILES string of the molecule is CN(C)c1cc(Nc2cccc3c2CCCC3)nc(N2CCNCC2c2ccccn2)n1. The lowest BCUT2D eigenvalue weighted by molar-refractivity contribution is 0.475. The Bertz CT molecular complexity index is 1070.